The molecule has 3 aromatic rings. The molecule has 5 rings (SSSR count). The first-order valence-electron chi connectivity index (χ1n) is 11.6. The lowest BCUT2D eigenvalue weighted by Crippen LogP contribution is -2.45. The van der Waals surface area contributed by atoms with E-state index in [4.69, 9.17) is 23.2 Å². The molecule has 0 aliphatic carbocycles. The van der Waals surface area contributed by atoms with Crippen LogP contribution in [0.5, 0.6) is 0 Å². The largest absolute Gasteiger partial charge is 0.331 e. The van der Waals surface area contributed by atoms with Gasteiger partial charge in [-0.25, -0.2) is 4.39 Å². The van der Waals surface area contributed by atoms with Gasteiger partial charge in [0, 0.05) is 43.4 Å². The maximum absolute atomic E-state index is 14.1. The molecule has 2 aromatic heterocycles. The first-order chi connectivity index (χ1) is 17.1. The summed E-state index contributed by atoms with van der Waals surface area (Å²) in [6, 6.07) is 5.35. The molecule has 0 unspecified atom stereocenters. The van der Waals surface area contributed by atoms with E-state index in [9.17, 15) is 18.8 Å². The topological polar surface area (TPSA) is 80.4 Å². The third kappa shape index (κ3) is 4.00. The van der Waals surface area contributed by atoms with Crippen LogP contribution in [0.15, 0.2) is 35.3 Å². The molecule has 2 atom stereocenters. The summed E-state index contributed by atoms with van der Waals surface area (Å²) in [4.78, 5) is 42.2. The Morgan fingerprint density at radius 2 is 1.92 bits per heavy atom. The van der Waals surface area contributed by atoms with E-state index in [1.54, 1.807) is 45.8 Å². The van der Waals surface area contributed by atoms with Crippen LogP contribution in [-0.2, 0) is 26.6 Å². The number of amides is 2. The molecule has 0 bridgehead atoms. The summed E-state index contributed by atoms with van der Waals surface area (Å²) < 4.78 is 17.0. The molecule has 188 valence electrons. The van der Waals surface area contributed by atoms with Crippen LogP contribution in [0, 0.1) is 5.82 Å². The number of aromatic nitrogens is 3. The average Bonchev–Trinajstić information content (AvgIpc) is 3.20. The van der Waals surface area contributed by atoms with E-state index in [1.807, 2.05) is 6.92 Å². The molecule has 36 heavy (non-hydrogen) atoms. The van der Waals surface area contributed by atoms with Crippen LogP contribution >= 0.6 is 23.2 Å². The molecule has 2 amide bonds. The number of halogens is 3. The standard InChI is InChI=1S/C25H24Cl2FN5O3/c1-13-8-21-17(12-32(13)23(34)15-4-5-18(26)19(27)9-15)22-25(36)31(6-7-33(22)29-21)14(2)16-10-20(28)24(35)30(3)11-16/h4-5,9-11,13-14H,6-8,12H2,1-3H3/t13-,14+/m1/s1. The van der Waals surface area contributed by atoms with Gasteiger partial charge >= 0.3 is 0 Å². The number of hydrogen-bond donors (Lipinski definition) is 0. The third-order valence-corrected chi connectivity index (χ3v) is 7.78. The van der Waals surface area contributed by atoms with Gasteiger partial charge in [0.05, 0.1) is 34.9 Å². The lowest BCUT2D eigenvalue weighted by atomic mass is 9.97. The van der Waals surface area contributed by atoms with Crippen LogP contribution in [0.1, 0.15) is 57.6 Å². The van der Waals surface area contributed by atoms with Crippen LogP contribution in [0.4, 0.5) is 4.39 Å². The van der Waals surface area contributed by atoms with Crippen molar-refractivity contribution in [2.24, 2.45) is 7.05 Å². The van der Waals surface area contributed by atoms with Crippen molar-refractivity contribution >= 4 is 35.0 Å². The summed E-state index contributed by atoms with van der Waals surface area (Å²) in [5.74, 6) is -1.31. The molecular formula is C25H24Cl2FN5O3. The van der Waals surface area contributed by atoms with Crippen LogP contribution < -0.4 is 5.56 Å². The summed E-state index contributed by atoms with van der Waals surface area (Å²) in [6.07, 6.45) is 2.06. The second-order valence-electron chi connectivity index (χ2n) is 9.32. The second kappa shape index (κ2) is 9.05. The minimum absolute atomic E-state index is 0.130. The van der Waals surface area contributed by atoms with Crippen molar-refractivity contribution in [2.75, 3.05) is 6.54 Å². The first kappa shape index (κ1) is 24.5. The van der Waals surface area contributed by atoms with Crippen molar-refractivity contribution in [3.8, 4) is 0 Å². The van der Waals surface area contributed by atoms with Gasteiger partial charge in [-0.1, -0.05) is 23.2 Å². The summed E-state index contributed by atoms with van der Waals surface area (Å²) in [5, 5.41) is 5.34. The van der Waals surface area contributed by atoms with E-state index in [0.717, 1.165) is 11.3 Å². The zero-order valence-corrected chi connectivity index (χ0v) is 21.5. The van der Waals surface area contributed by atoms with E-state index < -0.39 is 17.4 Å². The van der Waals surface area contributed by atoms with Crippen molar-refractivity contribution < 1.29 is 14.0 Å². The number of pyridine rings is 1. The van der Waals surface area contributed by atoms with Gasteiger partial charge < -0.3 is 14.4 Å². The fourth-order valence-electron chi connectivity index (χ4n) is 4.98. The normalized spacial score (nSPS) is 18.2. The highest BCUT2D eigenvalue weighted by molar-refractivity contribution is 6.42. The van der Waals surface area contributed by atoms with Crippen molar-refractivity contribution in [2.45, 2.75) is 45.4 Å². The molecule has 0 saturated carbocycles. The minimum atomic E-state index is -0.862. The summed E-state index contributed by atoms with van der Waals surface area (Å²) in [7, 11) is 1.48. The van der Waals surface area contributed by atoms with Crippen LogP contribution in [0.2, 0.25) is 10.0 Å². The Balaban J connectivity index is 1.46. The zero-order chi connectivity index (χ0) is 25.9. The summed E-state index contributed by atoms with van der Waals surface area (Å²) in [5.41, 5.74) is 2.17. The number of nitrogens with zero attached hydrogens (tertiary/aromatic N) is 5. The molecule has 11 heteroatoms. The highest BCUT2D eigenvalue weighted by Crippen LogP contribution is 2.33. The van der Waals surface area contributed by atoms with E-state index in [0.29, 0.717) is 46.4 Å². The first-order valence-corrected chi connectivity index (χ1v) is 12.3. The van der Waals surface area contributed by atoms with Crippen LogP contribution in [0.25, 0.3) is 0 Å². The number of carbonyl (C=O) groups is 2. The Labute approximate surface area is 216 Å². The van der Waals surface area contributed by atoms with Gasteiger partial charge in [-0.15, -0.1) is 0 Å². The number of carbonyl (C=O) groups excluding carboxylic acids is 2. The lowest BCUT2D eigenvalue weighted by molar-refractivity contribution is 0.0604. The average molecular weight is 532 g/mol. The Morgan fingerprint density at radius 3 is 2.61 bits per heavy atom. The monoisotopic (exact) mass is 531 g/mol. The number of aryl methyl sites for hydroxylation is 1. The Kier molecular flexibility index (Phi) is 6.16. The highest BCUT2D eigenvalue weighted by Gasteiger charge is 2.38. The maximum Gasteiger partial charge on any atom is 0.286 e. The van der Waals surface area contributed by atoms with E-state index in [-0.39, 0.29) is 24.4 Å². The van der Waals surface area contributed by atoms with Gasteiger partial charge in [-0.2, -0.15) is 5.10 Å². The SMILES string of the molecule is C[C@@H]1Cc2nn3c(c2CN1C(=O)c1ccc(Cl)c(Cl)c1)C(=O)N([C@@H](C)c1cc(F)c(=O)n(C)c1)CC3. The van der Waals surface area contributed by atoms with Crippen molar-refractivity contribution in [1.29, 1.82) is 0 Å². The molecule has 0 saturated heterocycles. The zero-order valence-electron chi connectivity index (χ0n) is 20.0. The van der Waals surface area contributed by atoms with Gasteiger partial charge in [0.1, 0.15) is 5.69 Å². The predicted octanol–water partition coefficient (Wildman–Crippen LogP) is 3.83. The van der Waals surface area contributed by atoms with Crippen molar-refractivity contribution in [3.05, 3.63) is 84.8 Å². The molecule has 0 spiro atoms. The number of rotatable bonds is 3. The molecule has 0 N–H and O–H groups in total. The molecule has 1 aromatic carbocycles. The van der Waals surface area contributed by atoms with Gasteiger partial charge in [0.15, 0.2) is 5.82 Å². The minimum Gasteiger partial charge on any atom is -0.331 e. The van der Waals surface area contributed by atoms with E-state index in [2.05, 4.69) is 5.10 Å². The quantitative estimate of drug-likeness (QED) is 0.514. The van der Waals surface area contributed by atoms with E-state index >= 15 is 0 Å². The van der Waals surface area contributed by atoms with Crippen LogP contribution in [-0.4, -0.2) is 48.5 Å². The molecular weight excluding hydrogens is 508 g/mol. The second-order valence-corrected chi connectivity index (χ2v) is 10.1. The summed E-state index contributed by atoms with van der Waals surface area (Å²) in [6.45, 7) is 4.84. The lowest BCUT2D eigenvalue weighted by Gasteiger charge is -2.35. The van der Waals surface area contributed by atoms with Crippen LogP contribution in [0.3, 0.4) is 0 Å². The molecule has 4 heterocycles. The Bertz CT molecular complexity index is 1440. The molecule has 0 fully saturated rings. The maximum atomic E-state index is 14.1. The Hall–Kier alpha value is -3.17. The molecule has 2 aliphatic heterocycles. The van der Waals surface area contributed by atoms with E-state index in [1.165, 1.54) is 17.7 Å². The predicted molar refractivity (Wildman–Crippen MR) is 133 cm³/mol. The van der Waals surface area contributed by atoms with Gasteiger partial charge in [-0.3, -0.25) is 19.1 Å². The van der Waals surface area contributed by atoms with Gasteiger partial charge in [0.2, 0.25) is 0 Å². The smallest absolute Gasteiger partial charge is 0.286 e. The number of benzene rings is 1. The number of hydrogen-bond acceptors (Lipinski definition) is 4. The third-order valence-electron chi connectivity index (χ3n) is 7.04. The number of fused-ring (bicyclic) bond motifs is 3. The van der Waals surface area contributed by atoms with Gasteiger partial charge in [-0.05, 0) is 43.7 Å². The Morgan fingerprint density at radius 1 is 1.17 bits per heavy atom. The molecule has 2 aliphatic rings. The van der Waals surface area contributed by atoms with Crippen molar-refractivity contribution in [3.63, 3.8) is 0 Å². The fourth-order valence-corrected chi connectivity index (χ4v) is 5.28. The van der Waals surface area contributed by atoms with Crippen molar-refractivity contribution in [1.82, 2.24) is 24.1 Å². The summed E-state index contributed by atoms with van der Waals surface area (Å²) >= 11 is 12.1. The molecule has 0 radical (unpaired) electrons. The fraction of sp³-hybridized carbons (Fsp3) is 0.360. The van der Waals surface area contributed by atoms with Gasteiger partial charge in [0.25, 0.3) is 17.4 Å². The highest BCUT2D eigenvalue weighted by atomic mass is 35.5. The molecule has 8 nitrogen and oxygen atoms in total.